The molecule has 0 unspecified atom stereocenters. The molecule has 0 aliphatic heterocycles. The SMILES string of the molecule is COc1cccc(/C=C/C(=O)Nc2n[nH]c(C3CC3)c2C)c1. The number of aromatic amines is 1. The zero-order chi connectivity index (χ0) is 15.5. The Labute approximate surface area is 129 Å². The summed E-state index contributed by atoms with van der Waals surface area (Å²) in [4.78, 5) is 12.0. The van der Waals surface area contributed by atoms with Crippen LogP contribution in [0.15, 0.2) is 30.3 Å². The van der Waals surface area contributed by atoms with E-state index >= 15 is 0 Å². The van der Waals surface area contributed by atoms with Crippen molar-refractivity contribution in [2.24, 2.45) is 0 Å². The van der Waals surface area contributed by atoms with Crippen LogP contribution >= 0.6 is 0 Å². The fourth-order valence-electron chi connectivity index (χ4n) is 2.38. The predicted octanol–water partition coefficient (Wildman–Crippen LogP) is 3.26. The van der Waals surface area contributed by atoms with E-state index < -0.39 is 0 Å². The molecule has 2 aromatic rings. The molecule has 22 heavy (non-hydrogen) atoms. The molecule has 1 saturated carbocycles. The lowest BCUT2D eigenvalue weighted by Crippen LogP contribution is -2.09. The largest absolute Gasteiger partial charge is 0.497 e. The number of carbonyl (C=O) groups excluding carboxylic acids is 1. The van der Waals surface area contributed by atoms with Crippen molar-refractivity contribution in [2.45, 2.75) is 25.7 Å². The number of aromatic nitrogens is 2. The minimum absolute atomic E-state index is 0.195. The van der Waals surface area contributed by atoms with Crippen LogP contribution in [0.25, 0.3) is 6.08 Å². The minimum atomic E-state index is -0.195. The average Bonchev–Trinajstić information content (AvgIpc) is 3.31. The Morgan fingerprint density at radius 2 is 2.27 bits per heavy atom. The molecule has 5 nitrogen and oxygen atoms in total. The standard InChI is InChI=1S/C17H19N3O2/c1-11-16(13-7-8-13)19-20-17(11)18-15(21)9-6-12-4-3-5-14(10-12)22-2/h3-6,9-10,13H,7-8H2,1-2H3,(H2,18,19,20,21)/b9-6+. The molecule has 5 heteroatoms. The van der Waals surface area contributed by atoms with Crippen LogP contribution in [0.1, 0.15) is 35.6 Å². The number of carbonyl (C=O) groups is 1. The topological polar surface area (TPSA) is 67.0 Å². The van der Waals surface area contributed by atoms with E-state index in [9.17, 15) is 4.79 Å². The summed E-state index contributed by atoms with van der Waals surface area (Å²) in [6.07, 6.45) is 5.65. The first-order chi connectivity index (χ1) is 10.7. The van der Waals surface area contributed by atoms with Gasteiger partial charge < -0.3 is 10.1 Å². The van der Waals surface area contributed by atoms with Gasteiger partial charge in [0.15, 0.2) is 5.82 Å². The van der Waals surface area contributed by atoms with Gasteiger partial charge in [-0.2, -0.15) is 5.10 Å². The van der Waals surface area contributed by atoms with E-state index in [1.807, 2.05) is 31.2 Å². The molecule has 114 valence electrons. The molecule has 0 bridgehead atoms. The number of amides is 1. The third-order valence-corrected chi connectivity index (χ3v) is 3.80. The molecular formula is C17H19N3O2. The molecule has 0 radical (unpaired) electrons. The van der Waals surface area contributed by atoms with Crippen LogP contribution in [0.2, 0.25) is 0 Å². The minimum Gasteiger partial charge on any atom is -0.497 e. The van der Waals surface area contributed by atoms with Crippen LogP contribution in [0.4, 0.5) is 5.82 Å². The second kappa shape index (κ2) is 6.05. The Morgan fingerprint density at radius 1 is 1.45 bits per heavy atom. The summed E-state index contributed by atoms with van der Waals surface area (Å²) in [7, 11) is 1.62. The number of H-pyrrole nitrogens is 1. The van der Waals surface area contributed by atoms with Crippen LogP contribution in [-0.2, 0) is 4.79 Å². The van der Waals surface area contributed by atoms with Gasteiger partial charge in [-0.15, -0.1) is 0 Å². The highest BCUT2D eigenvalue weighted by molar-refractivity contribution is 6.01. The molecule has 1 fully saturated rings. The van der Waals surface area contributed by atoms with E-state index in [0.29, 0.717) is 11.7 Å². The number of nitrogens with zero attached hydrogens (tertiary/aromatic N) is 1. The summed E-state index contributed by atoms with van der Waals surface area (Å²) >= 11 is 0. The zero-order valence-corrected chi connectivity index (χ0v) is 12.7. The van der Waals surface area contributed by atoms with Gasteiger partial charge in [0.1, 0.15) is 5.75 Å². The number of ether oxygens (including phenoxy) is 1. The number of benzene rings is 1. The van der Waals surface area contributed by atoms with E-state index in [4.69, 9.17) is 4.74 Å². The number of hydrogen-bond donors (Lipinski definition) is 2. The fourth-order valence-corrected chi connectivity index (χ4v) is 2.38. The Morgan fingerprint density at radius 3 is 3.00 bits per heavy atom. The molecule has 0 atom stereocenters. The molecule has 0 saturated heterocycles. The quantitative estimate of drug-likeness (QED) is 0.832. The van der Waals surface area contributed by atoms with Crippen LogP contribution in [0.3, 0.4) is 0 Å². The first-order valence-corrected chi connectivity index (χ1v) is 7.35. The molecule has 1 heterocycles. The number of methoxy groups -OCH3 is 1. The van der Waals surface area contributed by atoms with Crippen molar-refractivity contribution in [1.82, 2.24) is 10.2 Å². The predicted molar refractivity (Wildman–Crippen MR) is 86.0 cm³/mol. The van der Waals surface area contributed by atoms with Crippen molar-refractivity contribution < 1.29 is 9.53 Å². The van der Waals surface area contributed by atoms with Gasteiger partial charge in [-0.3, -0.25) is 9.89 Å². The lowest BCUT2D eigenvalue weighted by molar-refractivity contribution is -0.111. The van der Waals surface area contributed by atoms with Gasteiger partial charge in [0.05, 0.1) is 7.11 Å². The second-order valence-corrected chi connectivity index (χ2v) is 5.48. The van der Waals surface area contributed by atoms with Crippen LogP contribution in [-0.4, -0.2) is 23.2 Å². The number of rotatable bonds is 5. The van der Waals surface area contributed by atoms with Crippen molar-refractivity contribution in [3.05, 3.63) is 47.2 Å². The summed E-state index contributed by atoms with van der Waals surface area (Å²) < 4.78 is 5.16. The van der Waals surface area contributed by atoms with Crippen LogP contribution in [0, 0.1) is 6.92 Å². The van der Waals surface area contributed by atoms with Gasteiger partial charge in [-0.25, -0.2) is 0 Å². The summed E-state index contributed by atoms with van der Waals surface area (Å²) in [5, 5.41) is 10.0. The van der Waals surface area contributed by atoms with Crippen LogP contribution in [0.5, 0.6) is 5.75 Å². The van der Waals surface area contributed by atoms with Crippen molar-refractivity contribution in [2.75, 3.05) is 12.4 Å². The molecule has 1 aromatic carbocycles. The van der Waals surface area contributed by atoms with Crippen LogP contribution < -0.4 is 10.1 Å². The molecule has 0 spiro atoms. The maximum atomic E-state index is 12.0. The van der Waals surface area contributed by atoms with Gasteiger partial charge in [0.25, 0.3) is 0 Å². The van der Waals surface area contributed by atoms with Gasteiger partial charge in [0.2, 0.25) is 5.91 Å². The summed E-state index contributed by atoms with van der Waals surface area (Å²) in [5.74, 6) is 1.77. The Balaban J connectivity index is 1.65. The van der Waals surface area contributed by atoms with E-state index in [0.717, 1.165) is 22.6 Å². The molecule has 1 aliphatic carbocycles. The number of hydrogen-bond acceptors (Lipinski definition) is 3. The molecule has 3 rings (SSSR count). The van der Waals surface area contributed by atoms with Gasteiger partial charge in [-0.1, -0.05) is 12.1 Å². The van der Waals surface area contributed by atoms with E-state index in [-0.39, 0.29) is 5.91 Å². The second-order valence-electron chi connectivity index (χ2n) is 5.48. The molecular weight excluding hydrogens is 278 g/mol. The highest BCUT2D eigenvalue weighted by atomic mass is 16.5. The monoisotopic (exact) mass is 297 g/mol. The van der Waals surface area contributed by atoms with Gasteiger partial charge >= 0.3 is 0 Å². The fraction of sp³-hybridized carbons (Fsp3) is 0.294. The van der Waals surface area contributed by atoms with E-state index in [2.05, 4.69) is 15.5 Å². The van der Waals surface area contributed by atoms with E-state index in [1.54, 1.807) is 13.2 Å². The third kappa shape index (κ3) is 3.19. The summed E-state index contributed by atoms with van der Waals surface area (Å²) in [6, 6.07) is 7.53. The molecule has 2 N–H and O–H groups in total. The van der Waals surface area contributed by atoms with E-state index in [1.165, 1.54) is 18.9 Å². The maximum Gasteiger partial charge on any atom is 0.249 e. The molecule has 1 aromatic heterocycles. The number of anilines is 1. The zero-order valence-electron chi connectivity index (χ0n) is 12.7. The van der Waals surface area contributed by atoms with Gasteiger partial charge in [0, 0.05) is 23.3 Å². The lowest BCUT2D eigenvalue weighted by atomic mass is 10.2. The normalized spacial score (nSPS) is 14.3. The van der Waals surface area contributed by atoms with Crippen molar-refractivity contribution in [3.63, 3.8) is 0 Å². The van der Waals surface area contributed by atoms with Crippen molar-refractivity contribution in [3.8, 4) is 5.75 Å². The smallest absolute Gasteiger partial charge is 0.249 e. The third-order valence-electron chi connectivity index (χ3n) is 3.80. The maximum absolute atomic E-state index is 12.0. The summed E-state index contributed by atoms with van der Waals surface area (Å²) in [5.41, 5.74) is 3.09. The highest BCUT2D eigenvalue weighted by Gasteiger charge is 2.28. The average molecular weight is 297 g/mol. The first kappa shape index (κ1) is 14.4. The summed E-state index contributed by atoms with van der Waals surface area (Å²) in [6.45, 7) is 1.98. The van der Waals surface area contributed by atoms with Crippen molar-refractivity contribution >= 4 is 17.8 Å². The van der Waals surface area contributed by atoms with Crippen molar-refractivity contribution in [1.29, 1.82) is 0 Å². The van der Waals surface area contributed by atoms with Gasteiger partial charge in [-0.05, 0) is 43.5 Å². The first-order valence-electron chi connectivity index (χ1n) is 7.35. The number of nitrogens with one attached hydrogen (secondary N) is 2. The highest BCUT2D eigenvalue weighted by Crippen LogP contribution is 2.41. The Bertz CT molecular complexity index is 714. The Kier molecular flexibility index (Phi) is 3.96. The molecule has 1 aliphatic rings. The molecule has 1 amide bonds. The Hall–Kier alpha value is -2.56. The lowest BCUT2D eigenvalue weighted by Gasteiger charge is -2.01.